The number of hydrazine groups is 1. The number of nitrogens with zero attached hydrogens (tertiary/aromatic N) is 3. The molecular weight excluding hydrogens is 617 g/mol. The van der Waals surface area contributed by atoms with Crippen LogP contribution >= 0.6 is 11.3 Å². The first kappa shape index (κ1) is 36.4. The average molecular weight is 667 g/mol. The van der Waals surface area contributed by atoms with Gasteiger partial charge in [-0.2, -0.15) is 5.48 Å². The molecular formula is C33H49BN7O5S. The highest BCUT2D eigenvalue weighted by Crippen LogP contribution is 2.32. The van der Waals surface area contributed by atoms with E-state index in [1.54, 1.807) is 29.0 Å². The van der Waals surface area contributed by atoms with Gasteiger partial charge in [-0.15, -0.1) is 11.3 Å². The van der Waals surface area contributed by atoms with E-state index < -0.39 is 29.5 Å². The number of hydrogen-bond donors (Lipinski definition) is 5. The third-order valence-electron chi connectivity index (χ3n) is 8.71. The fraction of sp³-hybridized carbons (Fsp3) is 0.576. The zero-order valence-corrected chi connectivity index (χ0v) is 29.3. The molecule has 12 nitrogen and oxygen atoms in total. The summed E-state index contributed by atoms with van der Waals surface area (Å²) in [6.45, 7) is 11.4. The number of nitrogens with one attached hydrogen (secondary N) is 4. The summed E-state index contributed by atoms with van der Waals surface area (Å²) in [6.07, 6.45) is 4.99. The smallest absolute Gasteiger partial charge is 0.275 e. The van der Waals surface area contributed by atoms with E-state index in [4.69, 9.17) is 4.84 Å². The van der Waals surface area contributed by atoms with Crippen LogP contribution in [0.1, 0.15) is 72.4 Å². The Morgan fingerprint density at radius 1 is 1.15 bits per heavy atom. The summed E-state index contributed by atoms with van der Waals surface area (Å²) < 4.78 is 0. The molecule has 5 N–H and O–H groups in total. The number of benzene rings is 1. The molecule has 2 aliphatic rings. The standard InChI is InChI=1S/C33H49BN7O5S/c1-20(37-22(3)42)17-41(35-7)25-12-10-24(11-13-25)34-38-30(33(4,5)6)32(45)40-18-26(43)16-28(40)31(44)39-46-27-14-8-23(9-15-27)29-21(2)36-19-47-29/h8-9,14-15,17,19,24-26,28,30,35,38,43H,10-13,16,18H2,1-7H3,(H,37,42)(H,39,44)/b20-17+/t24?,25?,26-,28+,30-/m1/s1. The predicted molar refractivity (Wildman–Crippen MR) is 184 cm³/mol. The highest BCUT2D eigenvalue weighted by molar-refractivity contribution is 7.13. The normalized spacial score (nSPS) is 22.4. The molecule has 2 aromatic rings. The monoisotopic (exact) mass is 666 g/mol. The maximum atomic E-state index is 14.0. The average Bonchev–Trinajstić information content (AvgIpc) is 3.63. The first-order valence-electron chi connectivity index (χ1n) is 16.2. The molecule has 1 saturated carbocycles. The van der Waals surface area contributed by atoms with E-state index >= 15 is 0 Å². The fourth-order valence-electron chi connectivity index (χ4n) is 6.24. The minimum absolute atomic E-state index is 0.0739. The minimum atomic E-state index is -0.861. The highest BCUT2D eigenvalue weighted by atomic mass is 32.1. The van der Waals surface area contributed by atoms with Gasteiger partial charge in [0.05, 0.1) is 28.2 Å². The van der Waals surface area contributed by atoms with Gasteiger partial charge in [-0.05, 0) is 61.9 Å². The number of β-amino-alcohol motifs (C(OH)–C–C–N with tert-alkyl or cyclic N) is 1. The molecule has 1 aliphatic heterocycles. The molecule has 1 radical (unpaired) electrons. The number of rotatable bonds is 12. The van der Waals surface area contributed by atoms with Gasteiger partial charge in [-0.25, -0.2) is 10.4 Å². The number of carbonyl (C=O) groups excluding carboxylic acids is 3. The summed E-state index contributed by atoms with van der Waals surface area (Å²) >= 11 is 1.56. The van der Waals surface area contributed by atoms with Gasteiger partial charge in [-0.1, -0.05) is 39.4 Å². The third-order valence-corrected chi connectivity index (χ3v) is 9.68. The minimum Gasteiger partial charge on any atom is -0.391 e. The lowest BCUT2D eigenvalue weighted by molar-refractivity contribution is -0.144. The number of likely N-dealkylation sites (tertiary alicyclic amines) is 1. The maximum absolute atomic E-state index is 14.0. The van der Waals surface area contributed by atoms with Crippen molar-refractivity contribution in [2.24, 2.45) is 5.41 Å². The number of aromatic nitrogens is 1. The second kappa shape index (κ2) is 16.1. The van der Waals surface area contributed by atoms with Gasteiger partial charge in [0.2, 0.25) is 19.2 Å². The van der Waals surface area contributed by atoms with Gasteiger partial charge in [0.1, 0.15) is 6.04 Å². The van der Waals surface area contributed by atoms with Crippen LogP contribution in [0.15, 0.2) is 41.7 Å². The molecule has 2 fully saturated rings. The lowest BCUT2D eigenvalue weighted by atomic mass is 9.65. The number of allylic oxidation sites excluding steroid dienone is 1. The number of hydrogen-bond acceptors (Lipinski definition) is 10. The zero-order chi connectivity index (χ0) is 34.3. The van der Waals surface area contributed by atoms with Crippen molar-refractivity contribution in [3.8, 4) is 16.2 Å². The quantitative estimate of drug-likeness (QED) is 0.170. The second-order valence-corrected chi connectivity index (χ2v) is 14.4. The Kier molecular flexibility index (Phi) is 12.5. The van der Waals surface area contributed by atoms with E-state index in [2.05, 4.69) is 26.4 Å². The number of amides is 3. The van der Waals surface area contributed by atoms with Crippen LogP contribution in [-0.2, 0) is 14.4 Å². The number of aliphatic hydroxyl groups excluding tert-OH is 1. The van der Waals surface area contributed by atoms with E-state index in [1.165, 1.54) is 11.8 Å². The molecule has 0 bridgehead atoms. The van der Waals surface area contributed by atoms with Crippen LogP contribution in [0.4, 0.5) is 0 Å². The number of aliphatic hydroxyl groups is 1. The van der Waals surface area contributed by atoms with Crippen molar-refractivity contribution in [2.45, 2.75) is 104 Å². The van der Waals surface area contributed by atoms with Gasteiger partial charge in [0, 0.05) is 44.9 Å². The van der Waals surface area contributed by atoms with Gasteiger partial charge >= 0.3 is 0 Å². The van der Waals surface area contributed by atoms with Gasteiger partial charge in [-0.3, -0.25) is 14.4 Å². The van der Waals surface area contributed by atoms with E-state index in [-0.39, 0.29) is 36.6 Å². The van der Waals surface area contributed by atoms with Crippen LogP contribution in [0.2, 0.25) is 5.82 Å². The van der Waals surface area contributed by atoms with Crippen LogP contribution in [0, 0.1) is 12.3 Å². The molecule has 14 heteroatoms. The SMILES string of the molecule is CNN(/C=C(\C)NC(C)=O)C1CCC([B]N[C@H](C(=O)N2C[C@H](O)C[C@H]2C(=O)NOc2ccc(-c3scnc3C)cc2)C(C)(C)C)CC1. The Labute approximate surface area is 282 Å². The van der Waals surface area contributed by atoms with Crippen molar-refractivity contribution in [3.05, 3.63) is 47.4 Å². The van der Waals surface area contributed by atoms with Crippen molar-refractivity contribution >= 4 is 36.5 Å². The number of carbonyl (C=O) groups is 3. The fourth-order valence-corrected chi connectivity index (χ4v) is 7.06. The van der Waals surface area contributed by atoms with Crippen molar-refractivity contribution in [1.29, 1.82) is 0 Å². The maximum Gasteiger partial charge on any atom is 0.275 e. The predicted octanol–water partition coefficient (Wildman–Crippen LogP) is 3.28. The highest BCUT2D eigenvalue weighted by Gasteiger charge is 2.44. The number of hydroxylamine groups is 1. The summed E-state index contributed by atoms with van der Waals surface area (Å²) in [4.78, 5) is 51.1. The van der Waals surface area contributed by atoms with Crippen molar-refractivity contribution in [3.63, 3.8) is 0 Å². The number of thiazole rings is 1. The third kappa shape index (κ3) is 9.78. The van der Waals surface area contributed by atoms with Crippen molar-refractivity contribution in [1.82, 2.24) is 36.3 Å². The zero-order valence-electron chi connectivity index (χ0n) is 28.5. The van der Waals surface area contributed by atoms with Crippen molar-refractivity contribution < 1.29 is 24.3 Å². The van der Waals surface area contributed by atoms with Crippen LogP contribution in [0.3, 0.4) is 0 Å². The van der Waals surface area contributed by atoms with E-state index in [1.807, 2.05) is 72.4 Å². The second-order valence-electron chi connectivity index (χ2n) is 13.6. The van der Waals surface area contributed by atoms with Crippen LogP contribution < -0.4 is 26.3 Å². The molecule has 255 valence electrons. The summed E-state index contributed by atoms with van der Waals surface area (Å²) in [7, 11) is 3.91. The molecule has 47 heavy (non-hydrogen) atoms. The molecule has 1 aromatic heterocycles. The Balaban J connectivity index is 1.33. The molecule has 2 heterocycles. The molecule has 3 atom stereocenters. The van der Waals surface area contributed by atoms with E-state index in [0.29, 0.717) is 5.75 Å². The number of aryl methyl sites for hydroxylation is 1. The Morgan fingerprint density at radius 2 is 1.83 bits per heavy atom. The molecule has 1 aliphatic carbocycles. The summed E-state index contributed by atoms with van der Waals surface area (Å²) in [5.41, 5.74) is 9.80. The first-order chi connectivity index (χ1) is 22.3. The lowest BCUT2D eigenvalue weighted by Gasteiger charge is -2.38. The summed E-state index contributed by atoms with van der Waals surface area (Å²) in [6, 6.07) is 6.17. The van der Waals surface area contributed by atoms with E-state index in [0.717, 1.165) is 47.5 Å². The Hall–Kier alpha value is -3.46. The Bertz CT molecular complexity index is 1400. The largest absolute Gasteiger partial charge is 0.391 e. The summed E-state index contributed by atoms with van der Waals surface area (Å²) in [5, 5.41) is 18.8. The first-order valence-corrected chi connectivity index (χ1v) is 17.1. The van der Waals surface area contributed by atoms with Crippen LogP contribution in [0.5, 0.6) is 5.75 Å². The molecule has 1 aromatic carbocycles. The van der Waals surface area contributed by atoms with Gasteiger partial charge in [0.15, 0.2) is 5.75 Å². The molecule has 4 rings (SSSR count). The van der Waals surface area contributed by atoms with E-state index in [9.17, 15) is 19.5 Å². The summed E-state index contributed by atoms with van der Waals surface area (Å²) in [5.74, 6) is -0.0930. The van der Waals surface area contributed by atoms with Gasteiger partial charge < -0.3 is 30.4 Å². The lowest BCUT2D eigenvalue weighted by Crippen LogP contribution is -2.58. The topological polar surface area (TPSA) is 148 Å². The molecule has 0 unspecified atom stereocenters. The molecule has 3 amide bonds. The Morgan fingerprint density at radius 3 is 2.40 bits per heavy atom. The molecule has 1 saturated heterocycles. The van der Waals surface area contributed by atoms with Crippen molar-refractivity contribution in [2.75, 3.05) is 13.6 Å². The van der Waals surface area contributed by atoms with Crippen LogP contribution in [-0.4, -0.2) is 83.0 Å². The molecule has 0 spiro atoms. The van der Waals surface area contributed by atoms with Crippen LogP contribution in [0.25, 0.3) is 10.4 Å². The van der Waals surface area contributed by atoms with Gasteiger partial charge in [0.25, 0.3) is 5.91 Å².